The first-order valence-corrected chi connectivity index (χ1v) is 8.22. The smallest absolute Gasteiger partial charge is 0.251 e. The zero-order valence-corrected chi connectivity index (χ0v) is 14.7. The Kier molecular flexibility index (Phi) is 5.81. The summed E-state index contributed by atoms with van der Waals surface area (Å²) in [5, 5.41) is 5.05. The molecule has 128 valence electrons. The van der Waals surface area contributed by atoms with E-state index in [1.54, 1.807) is 32.6 Å². The Morgan fingerprint density at radius 3 is 2.54 bits per heavy atom. The third-order valence-corrected chi connectivity index (χ3v) is 4.58. The Balaban J connectivity index is 2.00. The highest BCUT2D eigenvalue weighted by Gasteiger charge is 2.16. The van der Waals surface area contributed by atoms with Gasteiger partial charge in [0.05, 0.1) is 19.8 Å². The van der Waals surface area contributed by atoms with Crippen LogP contribution in [0.3, 0.4) is 0 Å². The average Bonchev–Trinajstić information content (AvgIpc) is 2.93. The summed E-state index contributed by atoms with van der Waals surface area (Å²) in [6.07, 6.45) is 0.826. The summed E-state index contributed by atoms with van der Waals surface area (Å²) in [4.78, 5) is 23.6. The number of methoxy groups -OCH3 is 2. The van der Waals surface area contributed by atoms with Gasteiger partial charge in [0, 0.05) is 6.42 Å². The quantitative estimate of drug-likeness (QED) is 0.805. The first kappa shape index (κ1) is 17.8. The minimum Gasteiger partial charge on any atom is -0.493 e. The number of nitrogens with one attached hydrogen (secondary N) is 1. The van der Waals surface area contributed by atoms with E-state index in [9.17, 15) is 9.59 Å². The zero-order chi connectivity index (χ0) is 17.7. The predicted molar refractivity (Wildman–Crippen MR) is 94.1 cm³/mol. The highest BCUT2D eigenvalue weighted by molar-refractivity contribution is 7.15. The maximum atomic E-state index is 12.1. The number of ether oxygens (including phenoxy) is 2. The van der Waals surface area contributed by atoms with Crippen LogP contribution in [0.5, 0.6) is 11.5 Å². The fourth-order valence-corrected chi connectivity index (χ4v) is 3.29. The monoisotopic (exact) mass is 348 g/mol. The van der Waals surface area contributed by atoms with Crippen molar-refractivity contribution in [2.24, 2.45) is 5.73 Å². The SMILES string of the molecule is COc1ccc(CCC(=O)Nc2scc(C)c2C(N)=O)cc1OC. The molecule has 3 N–H and O–H groups in total. The second-order valence-electron chi connectivity index (χ2n) is 5.22. The Hall–Kier alpha value is -2.54. The second kappa shape index (κ2) is 7.83. The number of rotatable bonds is 7. The van der Waals surface area contributed by atoms with E-state index < -0.39 is 5.91 Å². The standard InChI is InChI=1S/C17H20N2O4S/c1-10-9-24-17(15(10)16(18)21)19-14(20)7-5-11-4-6-12(22-2)13(8-11)23-3/h4,6,8-9H,5,7H2,1-3H3,(H2,18,21)(H,19,20). The number of anilines is 1. The summed E-state index contributed by atoms with van der Waals surface area (Å²) in [6, 6.07) is 5.54. The van der Waals surface area contributed by atoms with Crippen molar-refractivity contribution in [1.82, 2.24) is 0 Å². The molecular formula is C17H20N2O4S. The Morgan fingerprint density at radius 1 is 1.21 bits per heavy atom. The van der Waals surface area contributed by atoms with E-state index >= 15 is 0 Å². The maximum absolute atomic E-state index is 12.1. The van der Waals surface area contributed by atoms with Gasteiger partial charge >= 0.3 is 0 Å². The Morgan fingerprint density at radius 2 is 1.92 bits per heavy atom. The largest absolute Gasteiger partial charge is 0.493 e. The van der Waals surface area contributed by atoms with Gasteiger partial charge in [0.2, 0.25) is 5.91 Å². The third-order valence-electron chi connectivity index (χ3n) is 3.56. The highest BCUT2D eigenvalue weighted by Crippen LogP contribution is 2.29. The summed E-state index contributed by atoms with van der Waals surface area (Å²) in [5.41, 5.74) is 7.45. The number of carbonyl (C=O) groups is 2. The van der Waals surface area contributed by atoms with Crippen LogP contribution in [-0.4, -0.2) is 26.0 Å². The molecule has 0 radical (unpaired) electrons. The molecule has 0 aliphatic rings. The van der Waals surface area contributed by atoms with E-state index in [0.717, 1.165) is 11.1 Å². The molecule has 6 nitrogen and oxygen atoms in total. The normalized spacial score (nSPS) is 10.3. The highest BCUT2D eigenvalue weighted by atomic mass is 32.1. The second-order valence-corrected chi connectivity index (χ2v) is 6.10. The van der Waals surface area contributed by atoms with Crippen LogP contribution in [0.15, 0.2) is 23.6 Å². The van der Waals surface area contributed by atoms with Crippen molar-refractivity contribution >= 4 is 28.2 Å². The molecule has 0 saturated carbocycles. The molecular weight excluding hydrogens is 328 g/mol. The fraction of sp³-hybridized carbons (Fsp3) is 0.294. The number of nitrogens with two attached hydrogens (primary N) is 1. The third kappa shape index (κ3) is 4.05. The van der Waals surface area contributed by atoms with Crippen molar-refractivity contribution in [1.29, 1.82) is 0 Å². The fourth-order valence-electron chi connectivity index (χ4n) is 2.33. The van der Waals surface area contributed by atoms with E-state index in [1.807, 2.05) is 12.1 Å². The van der Waals surface area contributed by atoms with Crippen molar-refractivity contribution in [3.05, 3.63) is 40.3 Å². The van der Waals surface area contributed by atoms with Gasteiger partial charge in [-0.25, -0.2) is 0 Å². The molecule has 0 aliphatic carbocycles. The molecule has 1 heterocycles. The maximum Gasteiger partial charge on any atom is 0.251 e. The van der Waals surface area contributed by atoms with Crippen LogP contribution in [0, 0.1) is 6.92 Å². The number of thiophene rings is 1. The van der Waals surface area contributed by atoms with E-state index in [0.29, 0.717) is 28.5 Å². The summed E-state index contributed by atoms with van der Waals surface area (Å²) in [6.45, 7) is 1.79. The van der Waals surface area contributed by atoms with Crippen molar-refractivity contribution in [3.63, 3.8) is 0 Å². The lowest BCUT2D eigenvalue weighted by Crippen LogP contribution is -2.17. The van der Waals surface area contributed by atoms with Crippen LogP contribution in [0.25, 0.3) is 0 Å². The molecule has 2 rings (SSSR count). The number of aryl methyl sites for hydroxylation is 2. The lowest BCUT2D eigenvalue weighted by Gasteiger charge is -2.10. The topological polar surface area (TPSA) is 90.6 Å². The van der Waals surface area contributed by atoms with Gasteiger partial charge in [0.25, 0.3) is 5.91 Å². The Labute approximate surface area is 144 Å². The molecule has 0 fully saturated rings. The predicted octanol–water partition coefficient (Wildman–Crippen LogP) is 2.74. The summed E-state index contributed by atoms with van der Waals surface area (Å²) in [5.74, 6) is 0.559. The molecule has 0 saturated heterocycles. The van der Waals surface area contributed by atoms with E-state index in [2.05, 4.69) is 5.32 Å². The number of hydrogen-bond donors (Lipinski definition) is 2. The zero-order valence-electron chi connectivity index (χ0n) is 13.8. The van der Waals surface area contributed by atoms with Crippen molar-refractivity contribution in [2.75, 3.05) is 19.5 Å². The lowest BCUT2D eigenvalue weighted by atomic mass is 10.1. The number of primary amides is 1. The number of hydrogen-bond acceptors (Lipinski definition) is 5. The van der Waals surface area contributed by atoms with Crippen LogP contribution in [-0.2, 0) is 11.2 Å². The van der Waals surface area contributed by atoms with Gasteiger partial charge in [0.15, 0.2) is 11.5 Å². The van der Waals surface area contributed by atoms with Gasteiger partial charge in [-0.15, -0.1) is 11.3 Å². The first-order chi connectivity index (χ1) is 11.5. The average molecular weight is 348 g/mol. The van der Waals surface area contributed by atoms with Crippen LogP contribution in [0.1, 0.15) is 27.9 Å². The Bertz CT molecular complexity index is 755. The van der Waals surface area contributed by atoms with Crippen molar-refractivity contribution in [3.8, 4) is 11.5 Å². The lowest BCUT2D eigenvalue weighted by molar-refractivity contribution is -0.116. The minimum atomic E-state index is -0.538. The van der Waals surface area contributed by atoms with Crippen molar-refractivity contribution in [2.45, 2.75) is 19.8 Å². The van der Waals surface area contributed by atoms with Gasteiger partial charge in [-0.2, -0.15) is 0 Å². The van der Waals surface area contributed by atoms with Gasteiger partial charge in [-0.05, 0) is 42.0 Å². The van der Waals surface area contributed by atoms with E-state index in [1.165, 1.54) is 11.3 Å². The number of carbonyl (C=O) groups excluding carboxylic acids is 2. The van der Waals surface area contributed by atoms with Crippen molar-refractivity contribution < 1.29 is 19.1 Å². The molecule has 7 heteroatoms. The van der Waals surface area contributed by atoms with E-state index in [4.69, 9.17) is 15.2 Å². The van der Waals surface area contributed by atoms with Gasteiger partial charge < -0.3 is 20.5 Å². The molecule has 0 spiro atoms. The summed E-state index contributed by atoms with van der Waals surface area (Å²) in [7, 11) is 3.14. The van der Waals surface area contributed by atoms with Gasteiger partial charge in [-0.1, -0.05) is 6.07 Å². The molecule has 1 aromatic carbocycles. The van der Waals surface area contributed by atoms with E-state index in [-0.39, 0.29) is 12.3 Å². The molecule has 0 unspecified atom stereocenters. The van der Waals surface area contributed by atoms with Crippen LogP contribution in [0.2, 0.25) is 0 Å². The molecule has 2 aromatic rings. The summed E-state index contributed by atoms with van der Waals surface area (Å²) < 4.78 is 10.4. The summed E-state index contributed by atoms with van der Waals surface area (Å²) >= 11 is 1.30. The van der Waals surface area contributed by atoms with Gasteiger partial charge in [-0.3, -0.25) is 9.59 Å². The number of amides is 2. The van der Waals surface area contributed by atoms with Gasteiger partial charge in [0.1, 0.15) is 5.00 Å². The molecule has 24 heavy (non-hydrogen) atoms. The first-order valence-electron chi connectivity index (χ1n) is 7.35. The molecule has 0 bridgehead atoms. The van der Waals surface area contributed by atoms with Crippen LogP contribution >= 0.6 is 11.3 Å². The van der Waals surface area contributed by atoms with Crippen LogP contribution < -0.4 is 20.5 Å². The molecule has 1 aromatic heterocycles. The molecule has 0 aliphatic heterocycles. The molecule has 2 amide bonds. The number of benzene rings is 1. The minimum absolute atomic E-state index is 0.172. The molecule has 0 atom stereocenters. The van der Waals surface area contributed by atoms with Crippen LogP contribution in [0.4, 0.5) is 5.00 Å².